The second-order valence-electron chi connectivity index (χ2n) is 9.87. The quantitative estimate of drug-likeness (QED) is 0.144. The largest absolute Gasteiger partial charge is 0.508 e. The van der Waals surface area contributed by atoms with Crippen molar-refractivity contribution >= 4 is 11.8 Å². The first kappa shape index (κ1) is 30.1. The van der Waals surface area contributed by atoms with Crippen LogP contribution < -0.4 is 0 Å². The molecule has 5 atom stereocenters. The number of ketones is 1. The predicted molar refractivity (Wildman–Crippen MR) is 145 cm³/mol. The Morgan fingerprint density at radius 1 is 1.15 bits per heavy atom. The Labute approximate surface area is 236 Å². The maximum Gasteiger partial charge on any atom is 0.342 e. The van der Waals surface area contributed by atoms with Gasteiger partial charge in [-0.2, -0.15) is 0 Å². The summed E-state index contributed by atoms with van der Waals surface area (Å²) >= 11 is 0. The number of fused-ring (bicyclic) bond motifs is 1. The van der Waals surface area contributed by atoms with E-state index in [-0.39, 0.29) is 47.4 Å². The third kappa shape index (κ3) is 7.06. The number of aliphatic hydroxyl groups is 2. The third-order valence-electron chi connectivity index (χ3n) is 7.12. The summed E-state index contributed by atoms with van der Waals surface area (Å²) in [7, 11) is 0. The Bertz CT molecular complexity index is 1290. The molecule has 11 nitrogen and oxygen atoms in total. The molecule has 4 rings (SSSR count). The second kappa shape index (κ2) is 13.6. The highest BCUT2D eigenvalue weighted by molar-refractivity contribution is 6.00. The molecule has 2 aliphatic rings. The zero-order valence-electron chi connectivity index (χ0n) is 22.3. The highest BCUT2D eigenvalue weighted by atomic mass is 16.8. The number of carbonyl (C=O) groups excluding carboxylic acids is 2. The summed E-state index contributed by atoms with van der Waals surface area (Å²) in [6, 6.07) is 8.13. The zero-order chi connectivity index (χ0) is 29.5. The second-order valence-corrected chi connectivity index (χ2v) is 9.87. The van der Waals surface area contributed by atoms with Gasteiger partial charge in [0, 0.05) is 42.1 Å². The van der Waals surface area contributed by atoms with Gasteiger partial charge in [0.05, 0.1) is 19.0 Å². The molecule has 1 heterocycles. The number of Topliss-reactive ketones (excluding diaryl/α,β-unsaturated/α-hetero) is 1. The first-order chi connectivity index (χ1) is 19.7. The summed E-state index contributed by atoms with van der Waals surface area (Å²) in [4.78, 5) is 25.6. The molecule has 0 spiro atoms. The van der Waals surface area contributed by atoms with Gasteiger partial charge in [-0.15, -0.1) is 6.58 Å². The van der Waals surface area contributed by atoms with Gasteiger partial charge in [0.1, 0.15) is 29.4 Å². The summed E-state index contributed by atoms with van der Waals surface area (Å²) in [5.41, 5.74) is 0.745. The highest BCUT2D eigenvalue weighted by Gasteiger charge is 2.41. The number of rotatable bonds is 12. The lowest BCUT2D eigenvalue weighted by Gasteiger charge is -2.39. The molecule has 41 heavy (non-hydrogen) atoms. The normalized spacial score (nSPS) is 21.7. The van der Waals surface area contributed by atoms with Crippen molar-refractivity contribution in [2.24, 2.45) is 11.8 Å². The maximum atomic E-state index is 13.3. The van der Waals surface area contributed by atoms with Crippen molar-refractivity contribution in [2.75, 3.05) is 19.8 Å². The van der Waals surface area contributed by atoms with Gasteiger partial charge < -0.3 is 44.5 Å². The SMILES string of the molecule is C=CC1C(O[C@@H](COC(=O)c2c(O)cc(O)cc2-c2cccc(O)c2)OC(CO)CCO)OC=C2C(=O)CCCC21. The first-order valence-electron chi connectivity index (χ1n) is 13.3. The monoisotopic (exact) mass is 570 g/mol. The number of phenolic OH excluding ortho intramolecular Hbond substituents is 3. The molecule has 1 fully saturated rings. The van der Waals surface area contributed by atoms with Crippen LogP contribution in [0.15, 0.2) is 60.9 Å². The van der Waals surface area contributed by atoms with Gasteiger partial charge in [-0.1, -0.05) is 18.2 Å². The lowest BCUT2D eigenvalue weighted by molar-refractivity contribution is -0.275. The molecule has 220 valence electrons. The average molecular weight is 571 g/mol. The molecule has 2 aromatic rings. The van der Waals surface area contributed by atoms with E-state index in [1.165, 1.54) is 30.5 Å². The van der Waals surface area contributed by atoms with Crippen LogP contribution >= 0.6 is 0 Å². The van der Waals surface area contributed by atoms with Crippen molar-refractivity contribution in [1.29, 1.82) is 0 Å². The predicted octanol–water partition coefficient (Wildman–Crippen LogP) is 3.14. The molecule has 1 aliphatic heterocycles. The van der Waals surface area contributed by atoms with E-state index in [0.29, 0.717) is 17.6 Å². The Morgan fingerprint density at radius 2 is 1.95 bits per heavy atom. The number of aliphatic hydroxyl groups excluding tert-OH is 2. The van der Waals surface area contributed by atoms with Crippen LogP contribution in [0.5, 0.6) is 17.2 Å². The van der Waals surface area contributed by atoms with E-state index < -0.39 is 49.5 Å². The first-order valence-corrected chi connectivity index (χ1v) is 13.3. The van der Waals surface area contributed by atoms with Crippen LogP contribution in [0.2, 0.25) is 0 Å². The van der Waals surface area contributed by atoms with Crippen molar-refractivity contribution in [3.63, 3.8) is 0 Å². The number of benzene rings is 2. The molecule has 11 heteroatoms. The highest BCUT2D eigenvalue weighted by Crippen LogP contribution is 2.40. The van der Waals surface area contributed by atoms with Gasteiger partial charge in [-0.25, -0.2) is 4.79 Å². The lowest BCUT2D eigenvalue weighted by atomic mass is 9.75. The molecule has 1 aliphatic carbocycles. The number of hydrogen-bond acceptors (Lipinski definition) is 11. The van der Waals surface area contributed by atoms with Crippen molar-refractivity contribution in [3.05, 3.63) is 66.5 Å². The van der Waals surface area contributed by atoms with Crippen molar-refractivity contribution < 1.29 is 54.1 Å². The molecule has 0 amide bonds. The molecule has 5 N–H and O–H groups in total. The number of allylic oxidation sites excluding steroid dienone is 1. The fourth-order valence-electron chi connectivity index (χ4n) is 5.13. The molecule has 4 unspecified atom stereocenters. The van der Waals surface area contributed by atoms with Crippen molar-refractivity contribution in [3.8, 4) is 28.4 Å². The van der Waals surface area contributed by atoms with Crippen LogP contribution in [0, 0.1) is 11.8 Å². The van der Waals surface area contributed by atoms with Crippen LogP contribution in [0.3, 0.4) is 0 Å². The number of esters is 1. The molecule has 1 saturated carbocycles. The van der Waals surface area contributed by atoms with Crippen LogP contribution in [-0.2, 0) is 23.7 Å². The molecule has 0 aromatic heterocycles. The Morgan fingerprint density at radius 3 is 2.66 bits per heavy atom. The number of carbonyl (C=O) groups is 2. The van der Waals surface area contributed by atoms with E-state index in [1.54, 1.807) is 12.1 Å². The van der Waals surface area contributed by atoms with Gasteiger partial charge in [0.15, 0.2) is 12.1 Å². The number of aromatic hydroxyl groups is 3. The summed E-state index contributed by atoms with van der Waals surface area (Å²) < 4.78 is 23.1. The average Bonchev–Trinajstić information content (AvgIpc) is 2.95. The van der Waals surface area contributed by atoms with E-state index in [2.05, 4.69) is 6.58 Å². The van der Waals surface area contributed by atoms with E-state index >= 15 is 0 Å². The summed E-state index contributed by atoms with van der Waals surface area (Å²) in [5, 5.41) is 49.6. The molecule has 0 bridgehead atoms. The molecule has 2 aromatic carbocycles. The van der Waals surface area contributed by atoms with Crippen molar-refractivity contribution in [1.82, 2.24) is 0 Å². The molecule has 0 radical (unpaired) electrons. The van der Waals surface area contributed by atoms with Crippen LogP contribution in [0.1, 0.15) is 36.0 Å². The van der Waals surface area contributed by atoms with E-state index in [1.807, 2.05) is 0 Å². The van der Waals surface area contributed by atoms with Gasteiger partial charge in [-0.05, 0) is 43.0 Å². The van der Waals surface area contributed by atoms with Crippen LogP contribution in [0.4, 0.5) is 0 Å². The summed E-state index contributed by atoms with van der Waals surface area (Å²) in [5.74, 6) is -2.51. The number of ether oxygens (including phenoxy) is 4. The lowest BCUT2D eigenvalue weighted by Crippen LogP contribution is -2.43. The fraction of sp³-hybridized carbons (Fsp3) is 0.400. The standard InChI is InChI=1S/C30H34O11/c1-2-21-22-7-4-8-25(35)24(22)15-39-30(21)41-27(40-20(14-32)9-10-31)16-38-29(37)28-23(12-19(34)13-26(28)36)17-5-3-6-18(33)11-17/h2-3,5-6,11-13,15,20-22,27,30-34,36H,1,4,7-10,14,16H2/t20?,21?,22?,27-,30?/m0/s1. The van der Waals surface area contributed by atoms with Gasteiger partial charge >= 0.3 is 5.97 Å². The topological polar surface area (TPSA) is 172 Å². The zero-order valence-corrected chi connectivity index (χ0v) is 22.3. The van der Waals surface area contributed by atoms with Gasteiger partial charge in [0.25, 0.3) is 0 Å². The minimum absolute atomic E-state index is 0.00724. The van der Waals surface area contributed by atoms with E-state index in [0.717, 1.165) is 18.9 Å². The Kier molecular flexibility index (Phi) is 10.0. The van der Waals surface area contributed by atoms with Crippen LogP contribution in [-0.4, -0.2) is 75.8 Å². The van der Waals surface area contributed by atoms with Gasteiger partial charge in [0.2, 0.25) is 6.29 Å². The Balaban J connectivity index is 1.57. The molecular formula is C30H34O11. The fourth-order valence-corrected chi connectivity index (χ4v) is 5.13. The van der Waals surface area contributed by atoms with E-state index in [4.69, 9.17) is 18.9 Å². The minimum Gasteiger partial charge on any atom is -0.508 e. The third-order valence-corrected chi connectivity index (χ3v) is 7.12. The Hall–Kier alpha value is -3.90. The minimum atomic E-state index is -1.28. The maximum absolute atomic E-state index is 13.3. The number of phenols is 3. The van der Waals surface area contributed by atoms with Gasteiger partial charge in [-0.3, -0.25) is 4.79 Å². The number of hydrogen-bond donors (Lipinski definition) is 5. The van der Waals surface area contributed by atoms with Crippen molar-refractivity contribution in [2.45, 2.75) is 44.4 Å². The van der Waals surface area contributed by atoms with E-state index in [9.17, 15) is 35.1 Å². The smallest absolute Gasteiger partial charge is 0.342 e. The summed E-state index contributed by atoms with van der Waals surface area (Å²) in [6.45, 7) is 2.63. The molecular weight excluding hydrogens is 536 g/mol. The summed E-state index contributed by atoms with van der Waals surface area (Å²) in [6.07, 6.45) is 1.89. The van der Waals surface area contributed by atoms with Crippen LogP contribution in [0.25, 0.3) is 11.1 Å². The molecule has 0 saturated heterocycles.